The van der Waals surface area contributed by atoms with E-state index in [1.54, 1.807) is 54.9 Å². The van der Waals surface area contributed by atoms with Gasteiger partial charge in [0.1, 0.15) is 4.90 Å². The lowest BCUT2D eigenvalue weighted by atomic mass is 10.2. The highest BCUT2D eigenvalue weighted by molar-refractivity contribution is 7.87. The number of carbonyl (C=O) groups is 1. The van der Waals surface area contributed by atoms with Gasteiger partial charge >= 0.3 is 10.1 Å². The number of aromatic nitrogens is 4. The van der Waals surface area contributed by atoms with Gasteiger partial charge in [0.25, 0.3) is 0 Å². The van der Waals surface area contributed by atoms with Crippen molar-refractivity contribution >= 4 is 27.8 Å². The fraction of sp³-hybridized carbons (Fsp3) is 0.0833. The van der Waals surface area contributed by atoms with E-state index in [1.165, 1.54) is 42.4 Å². The molecule has 0 bridgehead atoms. The minimum absolute atomic E-state index is 0.0347. The number of pyridine rings is 1. The number of rotatable bonds is 8. The van der Waals surface area contributed by atoms with Gasteiger partial charge in [0.2, 0.25) is 5.91 Å². The lowest BCUT2D eigenvalue weighted by molar-refractivity contribution is -0.111. The van der Waals surface area contributed by atoms with Crippen LogP contribution in [-0.4, -0.2) is 41.4 Å². The van der Waals surface area contributed by atoms with E-state index in [0.29, 0.717) is 17.1 Å². The summed E-state index contributed by atoms with van der Waals surface area (Å²) >= 11 is 0. The van der Waals surface area contributed by atoms with Gasteiger partial charge in [-0.3, -0.25) is 4.79 Å². The zero-order valence-corrected chi connectivity index (χ0v) is 19.6. The van der Waals surface area contributed by atoms with Gasteiger partial charge in [-0.15, -0.1) is 4.80 Å². The molecule has 0 aliphatic rings. The summed E-state index contributed by atoms with van der Waals surface area (Å²) in [5.74, 6) is 0.378. The van der Waals surface area contributed by atoms with Crippen LogP contribution in [0.3, 0.4) is 0 Å². The maximum absolute atomic E-state index is 12.6. The monoisotopic (exact) mass is 491 g/mol. The van der Waals surface area contributed by atoms with Crippen molar-refractivity contribution in [2.45, 2.75) is 11.8 Å². The van der Waals surface area contributed by atoms with E-state index in [0.717, 1.165) is 5.56 Å². The van der Waals surface area contributed by atoms with Crippen LogP contribution in [0.25, 0.3) is 11.9 Å². The predicted molar refractivity (Wildman–Crippen MR) is 129 cm³/mol. The first-order chi connectivity index (χ1) is 16.8. The number of nitrogens with zero attached hydrogens (tertiary/aromatic N) is 4. The van der Waals surface area contributed by atoms with Crippen LogP contribution in [0.15, 0.2) is 84.2 Å². The number of hydrogen-bond donors (Lipinski definition) is 1. The quantitative estimate of drug-likeness (QED) is 0.294. The van der Waals surface area contributed by atoms with Crippen LogP contribution in [0.2, 0.25) is 0 Å². The molecule has 0 fully saturated rings. The van der Waals surface area contributed by atoms with Crippen LogP contribution in [-0.2, 0) is 14.9 Å². The zero-order valence-electron chi connectivity index (χ0n) is 18.8. The summed E-state index contributed by atoms with van der Waals surface area (Å²) in [5, 5.41) is 10.7. The van der Waals surface area contributed by atoms with Gasteiger partial charge in [0.15, 0.2) is 17.3 Å². The van der Waals surface area contributed by atoms with E-state index in [2.05, 4.69) is 20.5 Å². The maximum atomic E-state index is 12.6. The Bertz CT molecular complexity index is 1450. The summed E-state index contributed by atoms with van der Waals surface area (Å²) < 4.78 is 35.7. The number of methoxy groups -OCH3 is 1. The summed E-state index contributed by atoms with van der Waals surface area (Å²) in [6.45, 7) is 1.86. The van der Waals surface area contributed by atoms with Crippen LogP contribution >= 0.6 is 0 Å². The normalized spacial score (nSPS) is 11.4. The molecule has 2 aromatic heterocycles. The molecule has 11 heteroatoms. The molecule has 0 spiro atoms. The van der Waals surface area contributed by atoms with Gasteiger partial charge in [-0.05, 0) is 55.0 Å². The third kappa shape index (κ3) is 5.89. The Balaban J connectivity index is 1.42. The number of hydrogen-bond acceptors (Lipinski definition) is 8. The Hall–Kier alpha value is -4.51. The number of benzene rings is 2. The Morgan fingerprint density at radius 2 is 1.74 bits per heavy atom. The third-order valence-electron chi connectivity index (χ3n) is 4.76. The van der Waals surface area contributed by atoms with Gasteiger partial charge in [-0.2, -0.15) is 18.6 Å². The highest BCUT2D eigenvalue weighted by atomic mass is 32.2. The number of ether oxygens (including phenoxy) is 1. The molecule has 0 radical (unpaired) electrons. The first kappa shape index (κ1) is 23.6. The fourth-order valence-corrected chi connectivity index (χ4v) is 3.94. The molecule has 2 aromatic carbocycles. The second-order valence-corrected chi connectivity index (χ2v) is 8.85. The van der Waals surface area contributed by atoms with Crippen molar-refractivity contribution in [3.05, 3.63) is 90.4 Å². The van der Waals surface area contributed by atoms with E-state index in [9.17, 15) is 13.2 Å². The van der Waals surface area contributed by atoms with Gasteiger partial charge in [0.05, 0.1) is 31.4 Å². The Labute approximate surface area is 202 Å². The Kier molecular flexibility index (Phi) is 6.88. The molecular formula is C24H21N5O5S. The van der Waals surface area contributed by atoms with Crippen LogP contribution in [0, 0.1) is 6.92 Å². The molecule has 0 atom stereocenters. The minimum atomic E-state index is -4.03. The van der Waals surface area contributed by atoms with Gasteiger partial charge < -0.3 is 14.2 Å². The van der Waals surface area contributed by atoms with Crippen molar-refractivity contribution in [2.75, 3.05) is 12.4 Å². The average Bonchev–Trinajstić information content (AvgIpc) is 3.39. The third-order valence-corrected chi connectivity index (χ3v) is 6.01. The van der Waals surface area contributed by atoms with Gasteiger partial charge in [-0.1, -0.05) is 23.8 Å². The number of aryl methyl sites for hydroxylation is 1. The minimum Gasteiger partial charge on any atom is -0.493 e. The standard InChI is InChI=1S/C24H21N5O5S/c1-17-3-8-20(9-4-17)35(31,32)34-21-10-5-18(15-22(21)33-2)6-12-24(30)28-19-7-11-23(25-16-19)29-26-13-14-27-29/h3-16H,1-2H3,(H,28,30). The lowest BCUT2D eigenvalue weighted by Crippen LogP contribution is -2.10. The van der Waals surface area contributed by atoms with Crippen LogP contribution < -0.4 is 14.2 Å². The first-order valence-electron chi connectivity index (χ1n) is 10.3. The van der Waals surface area contributed by atoms with Crippen molar-refractivity contribution in [2.24, 2.45) is 0 Å². The molecule has 1 amide bonds. The molecule has 0 saturated heterocycles. The average molecular weight is 492 g/mol. The number of anilines is 1. The van der Waals surface area contributed by atoms with Crippen molar-refractivity contribution in [3.8, 4) is 17.3 Å². The summed E-state index contributed by atoms with van der Waals surface area (Å²) in [5.41, 5.74) is 2.04. The molecule has 4 aromatic rings. The van der Waals surface area contributed by atoms with Crippen molar-refractivity contribution in [1.29, 1.82) is 0 Å². The van der Waals surface area contributed by atoms with Gasteiger partial charge in [-0.25, -0.2) is 4.98 Å². The number of nitrogens with one attached hydrogen (secondary N) is 1. The van der Waals surface area contributed by atoms with Gasteiger partial charge in [0, 0.05) is 6.08 Å². The van der Waals surface area contributed by atoms with Crippen molar-refractivity contribution in [3.63, 3.8) is 0 Å². The molecule has 0 saturated carbocycles. The topological polar surface area (TPSA) is 125 Å². The smallest absolute Gasteiger partial charge is 0.339 e. The number of amides is 1. The summed E-state index contributed by atoms with van der Waals surface area (Å²) in [6.07, 6.45) is 7.47. The van der Waals surface area contributed by atoms with Crippen molar-refractivity contribution in [1.82, 2.24) is 20.0 Å². The summed E-state index contributed by atoms with van der Waals surface area (Å²) in [7, 11) is -2.63. The first-order valence-corrected chi connectivity index (χ1v) is 11.8. The van der Waals surface area contributed by atoms with E-state index in [4.69, 9.17) is 8.92 Å². The fourth-order valence-electron chi connectivity index (χ4n) is 3.00. The van der Waals surface area contributed by atoms with Crippen molar-refractivity contribution < 1.29 is 22.1 Å². The molecule has 0 aliphatic carbocycles. The molecule has 1 N–H and O–H groups in total. The second-order valence-electron chi connectivity index (χ2n) is 7.31. The molecule has 10 nitrogen and oxygen atoms in total. The Morgan fingerprint density at radius 3 is 2.40 bits per heavy atom. The zero-order chi connectivity index (χ0) is 24.8. The van der Waals surface area contributed by atoms with E-state index < -0.39 is 10.1 Å². The molecule has 0 unspecified atom stereocenters. The highest BCUT2D eigenvalue weighted by Gasteiger charge is 2.19. The summed E-state index contributed by atoms with van der Waals surface area (Å²) in [4.78, 5) is 17.9. The molecule has 4 rings (SSSR count). The predicted octanol–water partition coefficient (Wildman–Crippen LogP) is 3.40. The van der Waals surface area contributed by atoms with E-state index >= 15 is 0 Å². The number of carbonyl (C=O) groups excluding carboxylic acids is 1. The van der Waals surface area contributed by atoms with Crippen LogP contribution in [0.5, 0.6) is 11.5 Å². The van der Waals surface area contributed by atoms with E-state index in [-0.39, 0.29) is 22.3 Å². The highest BCUT2D eigenvalue weighted by Crippen LogP contribution is 2.31. The van der Waals surface area contributed by atoms with Crippen LogP contribution in [0.1, 0.15) is 11.1 Å². The molecular weight excluding hydrogens is 470 g/mol. The van der Waals surface area contributed by atoms with E-state index in [1.807, 2.05) is 6.92 Å². The lowest BCUT2D eigenvalue weighted by Gasteiger charge is -2.11. The molecule has 178 valence electrons. The SMILES string of the molecule is COc1cc(C=CC(=O)Nc2ccc(-n3nccn3)nc2)ccc1OS(=O)(=O)c1ccc(C)cc1. The maximum Gasteiger partial charge on any atom is 0.339 e. The largest absolute Gasteiger partial charge is 0.493 e. The second kappa shape index (κ2) is 10.2. The summed E-state index contributed by atoms with van der Waals surface area (Å²) in [6, 6.07) is 14.3. The molecule has 0 aliphatic heterocycles. The van der Waals surface area contributed by atoms with Crippen LogP contribution in [0.4, 0.5) is 5.69 Å². The molecule has 35 heavy (non-hydrogen) atoms. The Morgan fingerprint density at radius 1 is 1.00 bits per heavy atom. The molecule has 2 heterocycles.